The van der Waals surface area contributed by atoms with E-state index in [0.717, 1.165) is 47.9 Å². The fourth-order valence-electron chi connectivity index (χ4n) is 2.96. The second-order valence-corrected chi connectivity index (χ2v) is 7.78. The second kappa shape index (κ2) is 8.34. The van der Waals surface area contributed by atoms with Gasteiger partial charge in [0.2, 0.25) is 5.88 Å². The van der Waals surface area contributed by atoms with Crippen LogP contribution in [0.1, 0.15) is 58.9 Å². The summed E-state index contributed by atoms with van der Waals surface area (Å²) in [7, 11) is 1.64. The largest absolute Gasteiger partial charge is 0.496 e. The molecule has 0 radical (unpaired) electrons. The maximum absolute atomic E-state index is 12.0. The molecule has 26 heavy (non-hydrogen) atoms. The molecule has 0 atom stereocenters. The normalized spacial score (nSPS) is 12.2. The van der Waals surface area contributed by atoms with E-state index in [1.165, 1.54) is 0 Å². The molecule has 1 aromatic carbocycles. The predicted molar refractivity (Wildman–Crippen MR) is 103 cm³/mol. The van der Waals surface area contributed by atoms with E-state index in [4.69, 9.17) is 4.74 Å². The van der Waals surface area contributed by atoms with Crippen LogP contribution in [0.5, 0.6) is 11.6 Å². The van der Waals surface area contributed by atoms with Gasteiger partial charge in [0.15, 0.2) is 5.69 Å². The number of carbonyl (C=O) groups is 1. The van der Waals surface area contributed by atoms with Gasteiger partial charge in [-0.1, -0.05) is 40.5 Å². The number of nitrogens with zero attached hydrogens (tertiary/aromatic N) is 2. The lowest BCUT2D eigenvalue weighted by Crippen LogP contribution is -2.10. The van der Waals surface area contributed by atoms with Crippen molar-refractivity contribution in [1.29, 1.82) is 0 Å². The molecule has 1 aromatic heterocycles. The van der Waals surface area contributed by atoms with E-state index in [1.807, 2.05) is 32.9 Å². The number of amides is 1. The zero-order valence-corrected chi connectivity index (χ0v) is 16.3. The number of H-pyrrole nitrogens is 1. The zero-order chi connectivity index (χ0) is 19.3. The molecule has 0 bridgehead atoms. The zero-order valence-electron chi connectivity index (χ0n) is 16.3. The lowest BCUT2D eigenvalue weighted by Gasteiger charge is -2.13. The molecule has 1 heterocycles. The van der Waals surface area contributed by atoms with Crippen LogP contribution in [0.15, 0.2) is 22.4 Å². The summed E-state index contributed by atoms with van der Waals surface area (Å²) in [5.41, 5.74) is 1.94. The summed E-state index contributed by atoms with van der Waals surface area (Å²) >= 11 is 0. The van der Waals surface area contributed by atoms with Gasteiger partial charge in [0.05, 0.1) is 12.6 Å². The van der Waals surface area contributed by atoms with Crippen molar-refractivity contribution >= 4 is 22.5 Å². The van der Waals surface area contributed by atoms with Crippen LogP contribution >= 0.6 is 0 Å². The fourth-order valence-corrected chi connectivity index (χ4v) is 2.96. The van der Waals surface area contributed by atoms with Gasteiger partial charge in [0, 0.05) is 17.4 Å². The van der Waals surface area contributed by atoms with E-state index in [2.05, 4.69) is 22.1 Å². The molecule has 0 saturated carbocycles. The third kappa shape index (κ3) is 4.84. The van der Waals surface area contributed by atoms with Gasteiger partial charge < -0.3 is 14.8 Å². The summed E-state index contributed by atoms with van der Waals surface area (Å²) in [6, 6.07) is 3.70. The van der Waals surface area contributed by atoms with Crippen molar-refractivity contribution < 1.29 is 14.6 Å². The molecule has 142 valence electrons. The third-order valence-electron chi connectivity index (χ3n) is 4.19. The minimum Gasteiger partial charge on any atom is -0.496 e. The number of hydrogen-bond donors (Lipinski definition) is 2. The number of rotatable bonds is 7. The number of carbonyl (C=O) groups excluding carboxylic acids is 1. The first-order valence-electron chi connectivity index (χ1n) is 9.12. The summed E-state index contributed by atoms with van der Waals surface area (Å²) in [5, 5.41) is 18.8. The number of aromatic hydroxyl groups is 1. The molecule has 0 aliphatic heterocycles. The predicted octanol–water partition coefficient (Wildman–Crippen LogP) is 5.66. The van der Waals surface area contributed by atoms with Crippen molar-refractivity contribution in [2.45, 2.75) is 59.8 Å². The number of aromatic amines is 1. The van der Waals surface area contributed by atoms with Crippen LogP contribution in [0, 0.1) is 5.41 Å². The van der Waals surface area contributed by atoms with Crippen molar-refractivity contribution in [2.75, 3.05) is 7.11 Å². The van der Waals surface area contributed by atoms with Crippen LogP contribution in [0.4, 0.5) is 5.69 Å². The number of aryl methyl sites for hydroxylation is 1. The van der Waals surface area contributed by atoms with Gasteiger partial charge in [-0.25, -0.2) is 0 Å². The molecule has 6 heteroatoms. The number of nitrogens with one attached hydrogen (secondary N) is 1. The Labute approximate surface area is 154 Å². The minimum absolute atomic E-state index is 0.0858. The van der Waals surface area contributed by atoms with Crippen LogP contribution < -0.4 is 4.74 Å². The highest BCUT2D eigenvalue weighted by atomic mass is 16.5. The molecular weight excluding hydrogens is 330 g/mol. The molecule has 2 N–H and O–H groups in total. The number of unbranched alkanes of at least 4 members (excludes halogenated alkanes) is 2. The number of aromatic nitrogens is 1. The molecule has 0 spiro atoms. The molecule has 0 saturated heterocycles. The fraction of sp³-hybridized carbons (Fsp3) is 0.550. The topological polar surface area (TPSA) is 87.0 Å². The number of azo groups is 1. The van der Waals surface area contributed by atoms with E-state index in [0.29, 0.717) is 12.1 Å². The maximum atomic E-state index is 12.0. The van der Waals surface area contributed by atoms with Crippen molar-refractivity contribution in [1.82, 2.24) is 4.98 Å². The Morgan fingerprint density at radius 1 is 1.27 bits per heavy atom. The first kappa shape index (κ1) is 19.9. The molecule has 0 aliphatic carbocycles. The number of fused-ring (bicyclic) bond motifs is 1. The third-order valence-corrected chi connectivity index (χ3v) is 4.19. The summed E-state index contributed by atoms with van der Waals surface area (Å²) in [6.45, 7) is 8.07. The van der Waals surface area contributed by atoms with Gasteiger partial charge in [-0.3, -0.25) is 4.79 Å². The number of hydrogen-bond acceptors (Lipinski definition) is 4. The quantitative estimate of drug-likeness (QED) is 0.494. The summed E-state index contributed by atoms with van der Waals surface area (Å²) < 4.78 is 5.48. The smallest absolute Gasteiger partial charge is 0.265 e. The number of benzene rings is 1. The summed E-state index contributed by atoms with van der Waals surface area (Å²) in [5.74, 6) is 0.391. The lowest BCUT2D eigenvalue weighted by molar-refractivity contribution is -0.119. The Balaban J connectivity index is 2.38. The van der Waals surface area contributed by atoms with Gasteiger partial charge in [0.1, 0.15) is 5.75 Å². The number of methoxy groups -OCH3 is 1. The van der Waals surface area contributed by atoms with E-state index >= 15 is 0 Å². The molecule has 2 rings (SSSR count). The minimum atomic E-state index is -0.303. The van der Waals surface area contributed by atoms with Crippen LogP contribution in [0.3, 0.4) is 0 Å². The molecule has 0 fully saturated rings. The van der Waals surface area contributed by atoms with Crippen LogP contribution in [0.2, 0.25) is 0 Å². The Hall–Kier alpha value is -2.37. The van der Waals surface area contributed by atoms with Crippen LogP contribution in [0.25, 0.3) is 10.9 Å². The second-order valence-electron chi connectivity index (χ2n) is 7.78. The molecule has 0 unspecified atom stereocenters. The maximum Gasteiger partial charge on any atom is 0.265 e. The molecule has 2 aromatic rings. The van der Waals surface area contributed by atoms with Crippen LogP contribution in [-0.2, 0) is 11.2 Å². The van der Waals surface area contributed by atoms with Gasteiger partial charge >= 0.3 is 0 Å². The average Bonchev–Trinajstić information content (AvgIpc) is 2.87. The lowest BCUT2D eigenvalue weighted by atomic mass is 9.92. The van der Waals surface area contributed by atoms with E-state index in [1.54, 1.807) is 7.11 Å². The molecule has 1 amide bonds. The highest BCUT2D eigenvalue weighted by Crippen LogP contribution is 2.40. The van der Waals surface area contributed by atoms with Gasteiger partial charge in [-0.05, 0) is 30.4 Å². The Morgan fingerprint density at radius 2 is 2.00 bits per heavy atom. The number of ether oxygens (including phenoxy) is 1. The van der Waals surface area contributed by atoms with E-state index in [-0.39, 0.29) is 17.2 Å². The molecule has 0 aliphatic rings. The standard InChI is InChI=1S/C20H29N3O3/c1-6-7-8-9-13-15(26-5)11-10-14-17(13)21-19(25)18(14)23-22-16(24)12-20(2,3)4/h10-11,21,25H,6-9,12H2,1-5H3. The molecule has 6 nitrogen and oxygen atoms in total. The van der Waals surface area contributed by atoms with Crippen LogP contribution in [-0.4, -0.2) is 23.1 Å². The van der Waals surface area contributed by atoms with Crippen molar-refractivity contribution in [2.24, 2.45) is 15.6 Å². The summed E-state index contributed by atoms with van der Waals surface area (Å²) in [6.07, 6.45) is 4.43. The van der Waals surface area contributed by atoms with Crippen molar-refractivity contribution in [3.8, 4) is 11.6 Å². The van der Waals surface area contributed by atoms with Crippen molar-refractivity contribution in [3.63, 3.8) is 0 Å². The van der Waals surface area contributed by atoms with E-state index in [9.17, 15) is 9.90 Å². The monoisotopic (exact) mass is 359 g/mol. The van der Waals surface area contributed by atoms with Crippen molar-refractivity contribution in [3.05, 3.63) is 17.7 Å². The van der Waals surface area contributed by atoms with Gasteiger partial charge in [0.25, 0.3) is 5.91 Å². The summed E-state index contributed by atoms with van der Waals surface area (Å²) in [4.78, 5) is 15.0. The van der Waals surface area contributed by atoms with E-state index < -0.39 is 0 Å². The Bertz CT molecular complexity index is 801. The van der Waals surface area contributed by atoms with Gasteiger partial charge in [-0.2, -0.15) is 0 Å². The average molecular weight is 359 g/mol. The first-order chi connectivity index (χ1) is 12.3. The Morgan fingerprint density at radius 3 is 2.62 bits per heavy atom. The highest BCUT2D eigenvalue weighted by Gasteiger charge is 2.18. The first-order valence-corrected chi connectivity index (χ1v) is 9.12. The SMILES string of the molecule is CCCCCc1c(OC)ccc2c(N=NC(=O)CC(C)(C)C)c(O)[nH]c12. The molecular formula is C20H29N3O3. The highest BCUT2D eigenvalue weighted by molar-refractivity contribution is 5.97. The van der Waals surface area contributed by atoms with Gasteiger partial charge in [-0.15, -0.1) is 10.2 Å². The Kier molecular flexibility index (Phi) is 6.40.